The number of benzene rings is 1. The van der Waals surface area contributed by atoms with Crippen LogP contribution in [0.3, 0.4) is 0 Å². The van der Waals surface area contributed by atoms with Crippen LogP contribution in [0.25, 0.3) is 0 Å². The molecule has 1 aromatic heterocycles. The molecule has 1 fully saturated rings. The van der Waals surface area contributed by atoms with Gasteiger partial charge in [0.15, 0.2) is 5.13 Å². The second-order valence-corrected chi connectivity index (χ2v) is 7.65. The van der Waals surface area contributed by atoms with Crippen molar-refractivity contribution in [3.05, 3.63) is 41.7 Å². The summed E-state index contributed by atoms with van der Waals surface area (Å²) >= 11 is 1.26. The van der Waals surface area contributed by atoms with Gasteiger partial charge in [-0.15, -0.1) is 11.3 Å². The maximum atomic E-state index is 14.3. The van der Waals surface area contributed by atoms with E-state index < -0.39 is 17.6 Å². The van der Waals surface area contributed by atoms with Gasteiger partial charge in [-0.1, -0.05) is 12.1 Å². The van der Waals surface area contributed by atoms with E-state index in [0.29, 0.717) is 18.3 Å². The number of nitrogens with one attached hydrogen (secondary N) is 2. The Kier molecular flexibility index (Phi) is 7.86. The minimum atomic E-state index is -0.620. The molecule has 0 bridgehead atoms. The summed E-state index contributed by atoms with van der Waals surface area (Å²) in [4.78, 5) is 42.2. The molecule has 8 nitrogen and oxygen atoms in total. The minimum absolute atomic E-state index is 0.00454. The molecule has 3 rings (SSSR count). The smallest absolute Gasteiger partial charge is 0.240 e. The number of anilines is 2. The third-order valence-corrected chi connectivity index (χ3v) is 5.23. The van der Waals surface area contributed by atoms with Crippen molar-refractivity contribution in [2.45, 2.75) is 31.8 Å². The molecule has 0 aliphatic carbocycles. The van der Waals surface area contributed by atoms with Crippen LogP contribution in [-0.4, -0.2) is 48.5 Å². The molecule has 0 saturated carbocycles. The van der Waals surface area contributed by atoms with Crippen LogP contribution in [0.2, 0.25) is 0 Å². The van der Waals surface area contributed by atoms with E-state index in [-0.39, 0.29) is 37.1 Å². The van der Waals surface area contributed by atoms with Gasteiger partial charge in [-0.3, -0.25) is 14.4 Å². The number of hydrogen-bond donors (Lipinski definition) is 2. The van der Waals surface area contributed by atoms with Gasteiger partial charge < -0.3 is 20.3 Å². The zero-order chi connectivity index (χ0) is 21.3. The van der Waals surface area contributed by atoms with E-state index in [4.69, 9.17) is 4.74 Å². The third kappa shape index (κ3) is 6.33. The Morgan fingerprint density at radius 2 is 2.07 bits per heavy atom. The number of carbonyl (C=O) groups excluding carboxylic acids is 3. The van der Waals surface area contributed by atoms with Gasteiger partial charge in [0.25, 0.3) is 0 Å². The Balaban J connectivity index is 1.60. The second kappa shape index (κ2) is 10.8. The van der Waals surface area contributed by atoms with Crippen LogP contribution in [0.4, 0.5) is 15.2 Å². The molecule has 3 amide bonds. The number of hydrogen-bond acceptors (Lipinski definition) is 6. The standard InChI is InChI=1S/C20H23FN4O4S/c21-15-5-1-2-6-16(15)25(13-18(27)23-12-14-4-3-10-29-14)19(28)8-7-17(26)24-20-22-9-11-30-20/h1-2,5-6,9,11,14H,3-4,7-8,10,12-13H2,(H,23,27)(H,22,24,26)/t14-/m0/s1. The minimum Gasteiger partial charge on any atom is -0.376 e. The van der Waals surface area contributed by atoms with E-state index in [1.54, 1.807) is 17.6 Å². The second-order valence-electron chi connectivity index (χ2n) is 6.76. The van der Waals surface area contributed by atoms with E-state index in [2.05, 4.69) is 15.6 Å². The van der Waals surface area contributed by atoms with Crippen LogP contribution in [-0.2, 0) is 19.1 Å². The lowest BCUT2D eigenvalue weighted by atomic mass is 10.2. The Labute approximate surface area is 177 Å². The Bertz CT molecular complexity index is 871. The van der Waals surface area contributed by atoms with Gasteiger partial charge in [0.05, 0.1) is 11.8 Å². The summed E-state index contributed by atoms with van der Waals surface area (Å²) in [6.07, 6.45) is 3.04. The number of carbonyl (C=O) groups is 3. The molecule has 1 aliphatic rings. The summed E-state index contributed by atoms with van der Waals surface area (Å²) in [6, 6.07) is 5.73. The fraction of sp³-hybridized carbons (Fsp3) is 0.400. The molecular weight excluding hydrogens is 411 g/mol. The van der Waals surface area contributed by atoms with Gasteiger partial charge in [-0.2, -0.15) is 0 Å². The summed E-state index contributed by atoms with van der Waals surface area (Å²) in [6.45, 7) is 0.665. The topological polar surface area (TPSA) is 101 Å². The summed E-state index contributed by atoms with van der Waals surface area (Å²) < 4.78 is 19.8. The van der Waals surface area contributed by atoms with E-state index in [1.807, 2.05) is 0 Å². The first kappa shape index (κ1) is 21.8. The van der Waals surface area contributed by atoms with Crippen LogP contribution in [0.5, 0.6) is 0 Å². The number of para-hydroxylation sites is 1. The van der Waals surface area contributed by atoms with Crippen LogP contribution < -0.4 is 15.5 Å². The normalized spacial score (nSPS) is 15.6. The number of thiazole rings is 1. The lowest BCUT2D eigenvalue weighted by Crippen LogP contribution is -2.43. The predicted octanol–water partition coefficient (Wildman–Crippen LogP) is 2.33. The first-order valence-electron chi connectivity index (χ1n) is 9.65. The molecule has 2 N–H and O–H groups in total. The van der Waals surface area contributed by atoms with Crippen molar-refractivity contribution in [1.82, 2.24) is 10.3 Å². The molecule has 2 heterocycles. The summed E-state index contributed by atoms with van der Waals surface area (Å²) in [7, 11) is 0. The fourth-order valence-corrected chi connectivity index (χ4v) is 3.58. The summed E-state index contributed by atoms with van der Waals surface area (Å²) in [5.41, 5.74) is -0.00454. The predicted molar refractivity (Wildman–Crippen MR) is 111 cm³/mol. The number of amides is 3. The summed E-state index contributed by atoms with van der Waals surface area (Å²) in [5.74, 6) is -1.95. The Morgan fingerprint density at radius 1 is 1.23 bits per heavy atom. The fourth-order valence-electron chi connectivity index (χ4n) is 3.03. The Morgan fingerprint density at radius 3 is 2.77 bits per heavy atom. The number of rotatable bonds is 9. The Hall–Kier alpha value is -2.85. The largest absolute Gasteiger partial charge is 0.376 e. The first-order chi connectivity index (χ1) is 14.5. The van der Waals surface area contributed by atoms with E-state index in [0.717, 1.165) is 17.7 Å². The maximum absolute atomic E-state index is 14.3. The maximum Gasteiger partial charge on any atom is 0.240 e. The van der Waals surface area contributed by atoms with Gasteiger partial charge in [0.2, 0.25) is 17.7 Å². The van der Waals surface area contributed by atoms with Crippen molar-refractivity contribution in [3.8, 4) is 0 Å². The highest BCUT2D eigenvalue weighted by atomic mass is 32.1. The molecule has 10 heteroatoms. The molecule has 0 radical (unpaired) electrons. The zero-order valence-corrected chi connectivity index (χ0v) is 17.1. The first-order valence-corrected chi connectivity index (χ1v) is 10.5. The van der Waals surface area contributed by atoms with Crippen LogP contribution in [0.15, 0.2) is 35.8 Å². The van der Waals surface area contributed by atoms with Crippen molar-refractivity contribution in [2.24, 2.45) is 0 Å². The van der Waals surface area contributed by atoms with Crippen LogP contribution >= 0.6 is 11.3 Å². The van der Waals surface area contributed by atoms with Crippen LogP contribution in [0.1, 0.15) is 25.7 Å². The van der Waals surface area contributed by atoms with Crippen molar-refractivity contribution < 1.29 is 23.5 Å². The molecule has 1 aromatic carbocycles. The van der Waals surface area contributed by atoms with Crippen LogP contribution in [0, 0.1) is 5.82 Å². The van der Waals surface area contributed by atoms with Crippen molar-refractivity contribution in [1.29, 1.82) is 0 Å². The highest BCUT2D eigenvalue weighted by Crippen LogP contribution is 2.20. The third-order valence-electron chi connectivity index (χ3n) is 4.54. The average Bonchev–Trinajstić information content (AvgIpc) is 3.43. The molecule has 1 aliphatic heterocycles. The van der Waals surface area contributed by atoms with E-state index in [1.165, 1.54) is 29.5 Å². The van der Waals surface area contributed by atoms with Gasteiger partial charge >= 0.3 is 0 Å². The molecule has 0 spiro atoms. The zero-order valence-electron chi connectivity index (χ0n) is 16.3. The lowest BCUT2D eigenvalue weighted by Gasteiger charge is -2.23. The van der Waals surface area contributed by atoms with Crippen molar-refractivity contribution >= 4 is 39.9 Å². The number of halogens is 1. The van der Waals surface area contributed by atoms with Crippen molar-refractivity contribution in [2.75, 3.05) is 29.9 Å². The lowest BCUT2D eigenvalue weighted by molar-refractivity contribution is -0.125. The molecular formula is C20H23FN4O4S. The van der Waals surface area contributed by atoms with Gasteiger partial charge in [0, 0.05) is 37.6 Å². The van der Waals surface area contributed by atoms with Gasteiger partial charge in [-0.25, -0.2) is 9.37 Å². The van der Waals surface area contributed by atoms with Crippen molar-refractivity contribution in [3.63, 3.8) is 0 Å². The molecule has 2 aromatic rings. The van der Waals surface area contributed by atoms with Gasteiger partial charge in [-0.05, 0) is 25.0 Å². The molecule has 1 saturated heterocycles. The van der Waals surface area contributed by atoms with Gasteiger partial charge in [0.1, 0.15) is 12.4 Å². The highest BCUT2D eigenvalue weighted by Gasteiger charge is 2.23. The molecule has 160 valence electrons. The number of nitrogens with zero attached hydrogens (tertiary/aromatic N) is 2. The highest BCUT2D eigenvalue weighted by molar-refractivity contribution is 7.13. The molecule has 0 unspecified atom stereocenters. The number of aromatic nitrogens is 1. The monoisotopic (exact) mass is 434 g/mol. The average molecular weight is 434 g/mol. The van der Waals surface area contributed by atoms with E-state index >= 15 is 0 Å². The van der Waals surface area contributed by atoms with E-state index in [9.17, 15) is 18.8 Å². The SMILES string of the molecule is O=C(CN(C(=O)CCC(=O)Nc1nccs1)c1ccccc1F)NC[C@@H]1CCCO1. The molecule has 1 atom stereocenters. The number of ether oxygens (including phenoxy) is 1. The quantitative estimate of drug-likeness (QED) is 0.631. The summed E-state index contributed by atoms with van der Waals surface area (Å²) in [5, 5.41) is 7.47. The molecule has 30 heavy (non-hydrogen) atoms.